The fraction of sp³-hybridized carbons (Fsp3) is 0.190. The van der Waals surface area contributed by atoms with Gasteiger partial charge in [-0.25, -0.2) is 4.98 Å². The van der Waals surface area contributed by atoms with E-state index >= 15 is 0 Å². The van der Waals surface area contributed by atoms with Crippen molar-refractivity contribution in [3.8, 4) is 17.4 Å². The number of aromatic nitrogens is 2. The van der Waals surface area contributed by atoms with Crippen molar-refractivity contribution < 1.29 is 4.42 Å². The van der Waals surface area contributed by atoms with E-state index in [0.29, 0.717) is 52.6 Å². The summed E-state index contributed by atoms with van der Waals surface area (Å²) in [6, 6.07) is 13.3. The van der Waals surface area contributed by atoms with Crippen LogP contribution in [0.15, 0.2) is 57.3 Å². The molecule has 5 nitrogen and oxygen atoms in total. The summed E-state index contributed by atoms with van der Waals surface area (Å²) in [7, 11) is 0. The van der Waals surface area contributed by atoms with E-state index in [0.717, 1.165) is 11.1 Å². The molecule has 28 heavy (non-hydrogen) atoms. The van der Waals surface area contributed by atoms with Gasteiger partial charge in [-0.3, -0.25) is 9.36 Å². The first-order chi connectivity index (χ1) is 13.7. The lowest BCUT2D eigenvalue weighted by atomic mass is 10.1. The summed E-state index contributed by atoms with van der Waals surface area (Å²) in [4.78, 5) is 18.8. The summed E-state index contributed by atoms with van der Waals surface area (Å²) >= 11 is 7.41. The minimum absolute atomic E-state index is 0.0976. The van der Waals surface area contributed by atoms with Crippen molar-refractivity contribution in [2.24, 2.45) is 0 Å². The quantitative estimate of drug-likeness (QED) is 0.407. The molecule has 0 saturated heterocycles. The number of thiophene rings is 1. The number of hydrogen-bond donors (Lipinski definition) is 0. The summed E-state index contributed by atoms with van der Waals surface area (Å²) in [6.07, 6.45) is 3.09. The third-order valence-electron chi connectivity index (χ3n) is 4.51. The van der Waals surface area contributed by atoms with Gasteiger partial charge in [0.2, 0.25) is 0 Å². The lowest BCUT2D eigenvalue weighted by molar-refractivity contribution is 0.582. The molecule has 0 spiro atoms. The lowest BCUT2D eigenvalue weighted by Crippen LogP contribution is -2.25. The highest BCUT2D eigenvalue weighted by molar-refractivity contribution is 7.17. The Morgan fingerprint density at radius 1 is 1.25 bits per heavy atom. The molecule has 140 valence electrons. The third-order valence-corrected chi connectivity index (χ3v) is 5.63. The number of nitriles is 1. The molecule has 0 unspecified atom stereocenters. The highest BCUT2D eigenvalue weighted by Crippen LogP contribution is 2.31. The summed E-state index contributed by atoms with van der Waals surface area (Å²) < 4.78 is 7.18. The maximum atomic E-state index is 13.3. The molecular formula is C21H16ClN3O2S. The van der Waals surface area contributed by atoms with Gasteiger partial charge in [0.15, 0.2) is 0 Å². The van der Waals surface area contributed by atoms with Gasteiger partial charge in [-0.15, -0.1) is 11.3 Å². The van der Waals surface area contributed by atoms with Crippen LogP contribution in [0.5, 0.6) is 0 Å². The summed E-state index contributed by atoms with van der Waals surface area (Å²) in [5, 5.41) is 12.0. The zero-order valence-electron chi connectivity index (χ0n) is 14.9. The van der Waals surface area contributed by atoms with Crippen molar-refractivity contribution in [3.05, 3.63) is 74.8 Å². The number of halogens is 1. The highest BCUT2D eigenvalue weighted by atomic mass is 35.5. The third kappa shape index (κ3) is 3.59. The Balaban J connectivity index is 1.83. The summed E-state index contributed by atoms with van der Waals surface area (Å²) in [5.41, 5.74) is 1.68. The number of hydrogen-bond acceptors (Lipinski definition) is 5. The van der Waals surface area contributed by atoms with E-state index in [4.69, 9.17) is 26.3 Å². The number of nitrogens with zero attached hydrogens (tertiary/aromatic N) is 3. The van der Waals surface area contributed by atoms with E-state index in [1.807, 2.05) is 35.7 Å². The largest absolute Gasteiger partial charge is 0.464 e. The second-order valence-electron chi connectivity index (χ2n) is 6.36. The van der Waals surface area contributed by atoms with Crippen LogP contribution in [0.2, 0.25) is 5.02 Å². The number of furan rings is 1. The van der Waals surface area contributed by atoms with E-state index < -0.39 is 0 Å². The molecular weight excluding hydrogens is 394 g/mol. The Morgan fingerprint density at radius 2 is 2.07 bits per heavy atom. The maximum absolute atomic E-state index is 13.3. The molecule has 0 fully saturated rings. The molecule has 0 bridgehead atoms. The Hall–Kier alpha value is -2.88. The number of benzene rings is 1. The van der Waals surface area contributed by atoms with Crippen LogP contribution >= 0.6 is 22.9 Å². The Kier molecular flexibility index (Phi) is 5.29. The van der Waals surface area contributed by atoms with Crippen LogP contribution in [0.1, 0.15) is 24.2 Å². The molecule has 3 aromatic heterocycles. The molecule has 4 aromatic rings. The summed E-state index contributed by atoms with van der Waals surface area (Å²) in [6.45, 7) is 0.450. The van der Waals surface area contributed by atoms with Crippen molar-refractivity contribution in [3.63, 3.8) is 0 Å². The lowest BCUT2D eigenvalue weighted by Gasteiger charge is -2.12. The highest BCUT2D eigenvalue weighted by Gasteiger charge is 2.18. The van der Waals surface area contributed by atoms with Crippen molar-refractivity contribution in [2.75, 3.05) is 0 Å². The first-order valence-corrected chi connectivity index (χ1v) is 10.1. The normalized spacial score (nSPS) is 11.0. The average Bonchev–Trinajstić information content (AvgIpc) is 3.35. The van der Waals surface area contributed by atoms with Gasteiger partial charge in [0.05, 0.1) is 17.7 Å². The van der Waals surface area contributed by atoms with Crippen LogP contribution in [0.3, 0.4) is 0 Å². The Labute approximate surface area is 170 Å². The van der Waals surface area contributed by atoms with Gasteiger partial charge in [0, 0.05) is 35.4 Å². The molecule has 0 amide bonds. The fourth-order valence-electron chi connectivity index (χ4n) is 3.15. The van der Waals surface area contributed by atoms with Crippen LogP contribution in [0.25, 0.3) is 21.5 Å². The monoisotopic (exact) mass is 409 g/mol. The van der Waals surface area contributed by atoms with E-state index in [2.05, 4.69) is 6.07 Å². The average molecular weight is 410 g/mol. The molecule has 0 aliphatic carbocycles. The van der Waals surface area contributed by atoms with Crippen LogP contribution in [0, 0.1) is 11.3 Å². The van der Waals surface area contributed by atoms with Crippen LogP contribution in [0.4, 0.5) is 0 Å². The second kappa shape index (κ2) is 8.01. The molecule has 7 heteroatoms. The van der Waals surface area contributed by atoms with Crippen molar-refractivity contribution in [1.82, 2.24) is 9.55 Å². The molecule has 1 aromatic carbocycles. The van der Waals surface area contributed by atoms with Gasteiger partial charge in [0.25, 0.3) is 5.56 Å². The fourth-order valence-corrected chi connectivity index (χ4v) is 4.21. The van der Waals surface area contributed by atoms with Crippen LogP contribution < -0.4 is 5.56 Å². The maximum Gasteiger partial charge on any atom is 0.263 e. The van der Waals surface area contributed by atoms with E-state index in [1.54, 1.807) is 16.9 Å². The minimum atomic E-state index is -0.0976. The predicted octanol–water partition coefficient (Wildman–Crippen LogP) is 5.27. The Bertz CT molecular complexity index is 1200. The van der Waals surface area contributed by atoms with Crippen molar-refractivity contribution in [2.45, 2.75) is 25.8 Å². The van der Waals surface area contributed by atoms with Gasteiger partial charge in [0.1, 0.15) is 16.4 Å². The molecule has 4 rings (SSSR count). The van der Waals surface area contributed by atoms with Crippen molar-refractivity contribution >= 4 is 33.2 Å². The van der Waals surface area contributed by atoms with E-state index in [1.165, 1.54) is 11.3 Å². The number of rotatable bonds is 6. The van der Waals surface area contributed by atoms with Gasteiger partial charge in [-0.05, 0) is 36.2 Å². The van der Waals surface area contributed by atoms with E-state index in [-0.39, 0.29) is 5.56 Å². The number of fused-ring (bicyclic) bond motifs is 1. The van der Waals surface area contributed by atoms with Gasteiger partial charge in [-0.2, -0.15) is 5.26 Å². The number of unbranched alkanes of at least 4 members (excludes halogenated alkanes) is 1. The molecule has 0 aliphatic heterocycles. The molecule has 3 heterocycles. The molecule has 0 radical (unpaired) electrons. The van der Waals surface area contributed by atoms with Gasteiger partial charge < -0.3 is 4.42 Å². The minimum Gasteiger partial charge on any atom is -0.464 e. The summed E-state index contributed by atoms with van der Waals surface area (Å²) in [5.74, 6) is 1.34. The van der Waals surface area contributed by atoms with E-state index in [9.17, 15) is 4.79 Å². The first kappa shape index (κ1) is 18.5. The van der Waals surface area contributed by atoms with Crippen molar-refractivity contribution in [1.29, 1.82) is 5.26 Å². The predicted molar refractivity (Wildman–Crippen MR) is 111 cm³/mol. The zero-order valence-corrected chi connectivity index (χ0v) is 16.5. The molecule has 0 N–H and O–H groups in total. The smallest absolute Gasteiger partial charge is 0.263 e. The van der Waals surface area contributed by atoms with Crippen LogP contribution in [-0.4, -0.2) is 9.55 Å². The van der Waals surface area contributed by atoms with Gasteiger partial charge >= 0.3 is 0 Å². The van der Waals surface area contributed by atoms with Crippen LogP contribution in [-0.2, 0) is 13.0 Å². The molecule has 0 aliphatic rings. The Morgan fingerprint density at radius 3 is 2.79 bits per heavy atom. The van der Waals surface area contributed by atoms with Gasteiger partial charge in [-0.1, -0.05) is 23.7 Å². The zero-order chi connectivity index (χ0) is 19.5. The first-order valence-electron chi connectivity index (χ1n) is 8.83. The molecule has 0 saturated carbocycles. The molecule has 0 atom stereocenters. The standard InChI is InChI=1S/C21H16ClN3O2S/c22-15-7-5-14(6-8-15)12-18-24-20-19(21(26)25(18)10-2-1-9-23)16(13-28-20)17-4-3-11-27-17/h3-8,11,13H,1-2,10,12H2. The SMILES string of the molecule is N#CCCCn1c(Cc2ccc(Cl)cc2)nc2scc(-c3ccco3)c2c1=O. The second-order valence-corrected chi connectivity index (χ2v) is 7.65. The topological polar surface area (TPSA) is 71.8 Å².